The molecule has 0 radical (unpaired) electrons. The van der Waals surface area contributed by atoms with E-state index in [0.29, 0.717) is 6.04 Å². The van der Waals surface area contributed by atoms with Gasteiger partial charge >= 0.3 is 0 Å². The average Bonchev–Trinajstić information content (AvgIpc) is 2.93. The fraction of sp³-hybridized carbons (Fsp3) is 1.00. The second kappa shape index (κ2) is 4.63. The lowest BCUT2D eigenvalue weighted by molar-refractivity contribution is 0.193. The smallest absolute Gasteiger partial charge is 0.0166 e. The summed E-state index contributed by atoms with van der Waals surface area (Å²) in [6.45, 7) is 8.46. The van der Waals surface area contributed by atoms with Gasteiger partial charge in [0.1, 0.15) is 0 Å². The van der Waals surface area contributed by atoms with E-state index in [4.69, 9.17) is 0 Å². The molecule has 82 valence electrons. The molecule has 1 saturated carbocycles. The highest BCUT2D eigenvalue weighted by molar-refractivity contribution is 4.82. The van der Waals surface area contributed by atoms with Crippen LogP contribution in [0.5, 0.6) is 0 Å². The van der Waals surface area contributed by atoms with Gasteiger partial charge < -0.3 is 5.32 Å². The highest BCUT2D eigenvalue weighted by Gasteiger charge is 2.27. The molecular formula is C12H24N2. The Kier molecular flexibility index (Phi) is 3.45. The Morgan fingerprint density at radius 1 is 1.43 bits per heavy atom. The van der Waals surface area contributed by atoms with Crippen LogP contribution in [0.4, 0.5) is 0 Å². The molecule has 2 unspecified atom stereocenters. The quantitative estimate of drug-likeness (QED) is 0.741. The van der Waals surface area contributed by atoms with Crippen molar-refractivity contribution in [2.75, 3.05) is 19.6 Å². The summed E-state index contributed by atoms with van der Waals surface area (Å²) in [5.41, 5.74) is 0. The molecule has 0 aromatic rings. The van der Waals surface area contributed by atoms with Gasteiger partial charge in [-0.1, -0.05) is 12.8 Å². The van der Waals surface area contributed by atoms with Crippen LogP contribution in [0.25, 0.3) is 0 Å². The van der Waals surface area contributed by atoms with E-state index in [1.807, 2.05) is 0 Å². The largest absolute Gasteiger partial charge is 0.313 e. The summed E-state index contributed by atoms with van der Waals surface area (Å²) < 4.78 is 0. The van der Waals surface area contributed by atoms with Crippen LogP contribution in [0.3, 0.4) is 0 Å². The fourth-order valence-electron chi connectivity index (χ4n) is 2.52. The lowest BCUT2D eigenvalue weighted by Gasteiger charge is -2.29. The molecule has 0 amide bonds. The maximum atomic E-state index is 3.56. The molecule has 1 N–H and O–H groups in total. The van der Waals surface area contributed by atoms with E-state index in [-0.39, 0.29) is 0 Å². The molecule has 0 aromatic heterocycles. The Morgan fingerprint density at radius 2 is 2.21 bits per heavy atom. The second-order valence-corrected chi connectivity index (χ2v) is 5.23. The van der Waals surface area contributed by atoms with Gasteiger partial charge in [0, 0.05) is 18.6 Å². The molecule has 0 bridgehead atoms. The highest BCUT2D eigenvalue weighted by Crippen LogP contribution is 2.34. The van der Waals surface area contributed by atoms with Crippen molar-refractivity contribution in [2.24, 2.45) is 5.92 Å². The maximum Gasteiger partial charge on any atom is 0.0166 e. The number of rotatable bonds is 3. The highest BCUT2D eigenvalue weighted by atomic mass is 15.2. The minimum Gasteiger partial charge on any atom is -0.313 e. The molecule has 2 aliphatic rings. The number of nitrogens with one attached hydrogen (secondary N) is 1. The molecule has 1 saturated heterocycles. The zero-order valence-electron chi connectivity index (χ0n) is 9.63. The summed E-state index contributed by atoms with van der Waals surface area (Å²) in [5, 5.41) is 3.56. The molecule has 1 heterocycles. The van der Waals surface area contributed by atoms with E-state index >= 15 is 0 Å². The van der Waals surface area contributed by atoms with E-state index in [1.54, 1.807) is 0 Å². The molecule has 2 fully saturated rings. The first kappa shape index (κ1) is 10.4. The maximum absolute atomic E-state index is 3.56. The third-order valence-electron chi connectivity index (χ3n) is 3.62. The van der Waals surface area contributed by atoms with E-state index < -0.39 is 0 Å². The summed E-state index contributed by atoms with van der Waals surface area (Å²) in [4.78, 5) is 2.68. The second-order valence-electron chi connectivity index (χ2n) is 5.23. The first-order valence-corrected chi connectivity index (χ1v) is 6.23. The number of hydrogen-bond acceptors (Lipinski definition) is 2. The van der Waals surface area contributed by atoms with Crippen molar-refractivity contribution in [3.05, 3.63) is 0 Å². The Hall–Kier alpha value is -0.0800. The molecule has 0 spiro atoms. The molecule has 2 nitrogen and oxygen atoms in total. The van der Waals surface area contributed by atoms with E-state index in [9.17, 15) is 0 Å². The Balaban J connectivity index is 1.80. The summed E-state index contributed by atoms with van der Waals surface area (Å²) >= 11 is 0. The minimum atomic E-state index is 0.680. The Labute approximate surface area is 88.1 Å². The molecule has 0 aromatic carbocycles. The van der Waals surface area contributed by atoms with Crippen LogP contribution in [0.15, 0.2) is 0 Å². The molecule has 2 atom stereocenters. The van der Waals surface area contributed by atoms with Crippen LogP contribution in [-0.4, -0.2) is 36.6 Å². The summed E-state index contributed by atoms with van der Waals surface area (Å²) in [6, 6.07) is 1.49. The standard InChI is InChI=1S/C12H24N2/c1-10-9-14(7-3-6-13-10)11(2)8-12-4-5-12/h10-13H,3-9H2,1-2H3. The van der Waals surface area contributed by atoms with Crippen molar-refractivity contribution in [1.29, 1.82) is 0 Å². The van der Waals surface area contributed by atoms with Crippen molar-refractivity contribution in [3.8, 4) is 0 Å². The number of nitrogens with zero attached hydrogens (tertiary/aromatic N) is 1. The van der Waals surface area contributed by atoms with Crippen LogP contribution in [0, 0.1) is 5.92 Å². The Bertz CT molecular complexity index is 177. The normalized spacial score (nSPS) is 32.6. The third-order valence-corrected chi connectivity index (χ3v) is 3.62. The van der Waals surface area contributed by atoms with E-state index in [0.717, 1.165) is 12.0 Å². The molecule has 1 aliphatic heterocycles. The molecule has 14 heavy (non-hydrogen) atoms. The summed E-state index contributed by atoms with van der Waals surface area (Å²) in [7, 11) is 0. The van der Waals surface area contributed by atoms with Gasteiger partial charge in [0.25, 0.3) is 0 Å². The van der Waals surface area contributed by atoms with Crippen LogP contribution in [-0.2, 0) is 0 Å². The van der Waals surface area contributed by atoms with Crippen LogP contribution < -0.4 is 5.32 Å². The van der Waals surface area contributed by atoms with Crippen molar-refractivity contribution in [2.45, 2.75) is 51.6 Å². The van der Waals surface area contributed by atoms with Crippen LogP contribution in [0.1, 0.15) is 39.5 Å². The summed E-state index contributed by atoms with van der Waals surface area (Å²) in [6.07, 6.45) is 5.74. The van der Waals surface area contributed by atoms with Crippen molar-refractivity contribution < 1.29 is 0 Å². The van der Waals surface area contributed by atoms with Crippen molar-refractivity contribution >= 4 is 0 Å². The average molecular weight is 196 g/mol. The monoisotopic (exact) mass is 196 g/mol. The van der Waals surface area contributed by atoms with Gasteiger partial charge in [0.2, 0.25) is 0 Å². The lowest BCUT2D eigenvalue weighted by atomic mass is 10.1. The van der Waals surface area contributed by atoms with Gasteiger partial charge in [-0.3, -0.25) is 4.90 Å². The van der Waals surface area contributed by atoms with Crippen LogP contribution >= 0.6 is 0 Å². The predicted molar refractivity (Wildman–Crippen MR) is 60.5 cm³/mol. The van der Waals surface area contributed by atoms with Gasteiger partial charge in [0.15, 0.2) is 0 Å². The summed E-state index contributed by atoms with van der Waals surface area (Å²) in [5.74, 6) is 1.07. The van der Waals surface area contributed by atoms with E-state index in [1.165, 1.54) is 45.3 Å². The van der Waals surface area contributed by atoms with E-state index in [2.05, 4.69) is 24.1 Å². The van der Waals surface area contributed by atoms with Gasteiger partial charge in [-0.05, 0) is 45.7 Å². The van der Waals surface area contributed by atoms with Gasteiger partial charge in [-0.15, -0.1) is 0 Å². The first-order valence-electron chi connectivity index (χ1n) is 6.23. The number of hydrogen-bond donors (Lipinski definition) is 1. The van der Waals surface area contributed by atoms with Gasteiger partial charge in [0.05, 0.1) is 0 Å². The minimum absolute atomic E-state index is 0.680. The Morgan fingerprint density at radius 3 is 2.93 bits per heavy atom. The fourth-order valence-corrected chi connectivity index (χ4v) is 2.52. The van der Waals surface area contributed by atoms with Gasteiger partial charge in [-0.2, -0.15) is 0 Å². The molecule has 1 aliphatic carbocycles. The van der Waals surface area contributed by atoms with Crippen LogP contribution in [0.2, 0.25) is 0 Å². The van der Waals surface area contributed by atoms with Crippen molar-refractivity contribution in [1.82, 2.24) is 10.2 Å². The first-order chi connectivity index (χ1) is 6.75. The lowest BCUT2D eigenvalue weighted by Crippen LogP contribution is -2.40. The topological polar surface area (TPSA) is 15.3 Å². The molecule has 2 heteroatoms. The molecule has 2 rings (SSSR count). The predicted octanol–water partition coefficient (Wildman–Crippen LogP) is 1.86. The third kappa shape index (κ3) is 2.96. The SMILES string of the molecule is CC1CN(C(C)CC2CC2)CCCN1. The molecular weight excluding hydrogens is 172 g/mol. The van der Waals surface area contributed by atoms with Gasteiger partial charge in [-0.25, -0.2) is 0 Å². The van der Waals surface area contributed by atoms with Crippen molar-refractivity contribution in [3.63, 3.8) is 0 Å². The zero-order valence-corrected chi connectivity index (χ0v) is 9.63. The zero-order chi connectivity index (χ0) is 9.97.